The van der Waals surface area contributed by atoms with E-state index in [0.29, 0.717) is 22.6 Å². The molecule has 0 fully saturated rings. The molecule has 0 N–H and O–H groups in total. The van der Waals surface area contributed by atoms with Crippen molar-refractivity contribution in [3.8, 4) is 11.5 Å². The van der Waals surface area contributed by atoms with Crippen LogP contribution in [0, 0.1) is 0 Å². The summed E-state index contributed by atoms with van der Waals surface area (Å²) in [5, 5.41) is 0. The van der Waals surface area contributed by atoms with E-state index in [1.165, 1.54) is 0 Å². The molecule has 0 spiro atoms. The van der Waals surface area contributed by atoms with E-state index in [-0.39, 0.29) is 24.8 Å². The molecular formula is C22H18O4. The number of hydrogen-bond acceptors (Lipinski definition) is 4. The molecule has 0 saturated carbocycles. The molecule has 0 radical (unpaired) electrons. The van der Waals surface area contributed by atoms with E-state index in [1.54, 1.807) is 72.8 Å². The standard InChI is InChI=1S/C22H18O4/c23-19(17-9-3-1-4-10-17)15-25-21-13-7-8-14-22(21)26-16-20(24)18-11-5-2-6-12-18/h1-14H,15-16H2. The van der Waals surface area contributed by atoms with Crippen molar-refractivity contribution >= 4 is 11.6 Å². The summed E-state index contributed by atoms with van der Waals surface area (Å²) in [7, 11) is 0. The van der Waals surface area contributed by atoms with Gasteiger partial charge in [0.2, 0.25) is 0 Å². The van der Waals surface area contributed by atoms with Crippen LogP contribution in [-0.4, -0.2) is 24.8 Å². The van der Waals surface area contributed by atoms with Crippen LogP contribution in [0.25, 0.3) is 0 Å². The summed E-state index contributed by atoms with van der Waals surface area (Å²) in [6, 6.07) is 24.9. The van der Waals surface area contributed by atoms with E-state index < -0.39 is 0 Å². The zero-order chi connectivity index (χ0) is 18.2. The summed E-state index contributed by atoms with van der Waals surface area (Å²) in [5.41, 5.74) is 1.18. The van der Waals surface area contributed by atoms with Crippen LogP contribution in [0.3, 0.4) is 0 Å². The fraction of sp³-hybridized carbons (Fsp3) is 0.0909. The van der Waals surface area contributed by atoms with Gasteiger partial charge in [-0.3, -0.25) is 9.59 Å². The largest absolute Gasteiger partial charge is 0.482 e. The smallest absolute Gasteiger partial charge is 0.200 e. The van der Waals surface area contributed by atoms with Crippen LogP contribution in [0.15, 0.2) is 84.9 Å². The monoisotopic (exact) mass is 346 g/mol. The summed E-state index contributed by atoms with van der Waals surface area (Å²) >= 11 is 0. The molecule has 0 amide bonds. The highest BCUT2D eigenvalue weighted by atomic mass is 16.5. The summed E-state index contributed by atoms with van der Waals surface area (Å²) in [5.74, 6) is 0.608. The van der Waals surface area contributed by atoms with Crippen molar-refractivity contribution < 1.29 is 19.1 Å². The molecule has 0 bridgehead atoms. The highest BCUT2D eigenvalue weighted by molar-refractivity contribution is 5.97. The second-order valence-electron chi connectivity index (χ2n) is 5.60. The summed E-state index contributed by atoms with van der Waals surface area (Å²) < 4.78 is 11.2. The topological polar surface area (TPSA) is 52.6 Å². The number of Topliss-reactive ketones (excluding diaryl/α,β-unsaturated/α-hetero) is 2. The van der Waals surface area contributed by atoms with Gasteiger partial charge in [-0.25, -0.2) is 0 Å². The maximum absolute atomic E-state index is 12.2. The quantitative estimate of drug-likeness (QED) is 0.573. The van der Waals surface area contributed by atoms with Crippen molar-refractivity contribution in [3.05, 3.63) is 96.1 Å². The second kappa shape index (κ2) is 8.62. The molecular weight excluding hydrogens is 328 g/mol. The number of para-hydroxylation sites is 2. The molecule has 0 atom stereocenters. The van der Waals surface area contributed by atoms with Gasteiger partial charge in [-0.15, -0.1) is 0 Å². The Morgan fingerprint density at radius 1 is 0.538 bits per heavy atom. The lowest BCUT2D eigenvalue weighted by molar-refractivity contribution is 0.0895. The van der Waals surface area contributed by atoms with Crippen LogP contribution >= 0.6 is 0 Å². The molecule has 3 rings (SSSR count). The lowest BCUT2D eigenvalue weighted by atomic mass is 10.1. The Bertz CT molecular complexity index is 798. The predicted octanol–water partition coefficient (Wildman–Crippen LogP) is 4.21. The molecule has 130 valence electrons. The van der Waals surface area contributed by atoms with Crippen molar-refractivity contribution in [3.63, 3.8) is 0 Å². The fourth-order valence-electron chi connectivity index (χ4n) is 2.39. The van der Waals surface area contributed by atoms with Gasteiger partial charge in [0.05, 0.1) is 0 Å². The maximum atomic E-state index is 12.2. The molecule has 0 aliphatic heterocycles. The van der Waals surface area contributed by atoms with Crippen LogP contribution in [-0.2, 0) is 0 Å². The Labute approximate surface area is 152 Å². The third-order valence-electron chi connectivity index (χ3n) is 3.76. The normalized spacial score (nSPS) is 10.2. The van der Waals surface area contributed by atoms with Gasteiger partial charge in [0, 0.05) is 11.1 Å². The number of carbonyl (C=O) groups is 2. The van der Waals surface area contributed by atoms with Gasteiger partial charge in [0.1, 0.15) is 0 Å². The second-order valence-corrected chi connectivity index (χ2v) is 5.60. The predicted molar refractivity (Wildman–Crippen MR) is 99.0 cm³/mol. The molecule has 4 nitrogen and oxygen atoms in total. The first kappa shape index (κ1) is 17.4. The fourth-order valence-corrected chi connectivity index (χ4v) is 2.39. The van der Waals surface area contributed by atoms with E-state index in [1.807, 2.05) is 12.1 Å². The molecule has 0 aromatic heterocycles. The highest BCUT2D eigenvalue weighted by Gasteiger charge is 2.11. The Morgan fingerprint density at radius 3 is 1.27 bits per heavy atom. The van der Waals surface area contributed by atoms with Gasteiger partial charge in [-0.05, 0) is 12.1 Å². The number of hydrogen-bond donors (Lipinski definition) is 0. The first-order valence-corrected chi connectivity index (χ1v) is 8.25. The molecule has 0 heterocycles. The molecule has 26 heavy (non-hydrogen) atoms. The molecule has 3 aromatic carbocycles. The van der Waals surface area contributed by atoms with E-state index in [9.17, 15) is 9.59 Å². The van der Waals surface area contributed by atoms with Crippen LogP contribution in [0.1, 0.15) is 20.7 Å². The van der Waals surface area contributed by atoms with E-state index in [4.69, 9.17) is 9.47 Å². The third kappa shape index (κ3) is 4.57. The van der Waals surface area contributed by atoms with Gasteiger partial charge in [0.25, 0.3) is 0 Å². The van der Waals surface area contributed by atoms with Gasteiger partial charge in [-0.2, -0.15) is 0 Å². The van der Waals surface area contributed by atoms with Gasteiger partial charge in [0.15, 0.2) is 36.3 Å². The Morgan fingerprint density at radius 2 is 0.885 bits per heavy atom. The molecule has 0 aliphatic rings. The molecule has 0 saturated heterocycles. The number of benzene rings is 3. The van der Waals surface area contributed by atoms with E-state index >= 15 is 0 Å². The first-order valence-electron chi connectivity index (χ1n) is 8.25. The lowest BCUT2D eigenvalue weighted by Crippen LogP contribution is -2.14. The van der Waals surface area contributed by atoms with Crippen LogP contribution < -0.4 is 9.47 Å². The number of carbonyl (C=O) groups excluding carboxylic acids is 2. The zero-order valence-corrected chi connectivity index (χ0v) is 14.1. The number of ether oxygens (including phenoxy) is 2. The Balaban J connectivity index is 1.61. The van der Waals surface area contributed by atoms with E-state index in [2.05, 4.69) is 0 Å². The van der Waals surface area contributed by atoms with Crippen molar-refractivity contribution in [1.82, 2.24) is 0 Å². The molecule has 3 aromatic rings. The summed E-state index contributed by atoms with van der Waals surface area (Å²) in [6.45, 7) is -0.200. The van der Waals surface area contributed by atoms with Crippen molar-refractivity contribution in [2.45, 2.75) is 0 Å². The number of ketones is 2. The lowest BCUT2D eigenvalue weighted by Gasteiger charge is -2.12. The average molecular weight is 346 g/mol. The minimum absolute atomic E-state index is 0.100. The average Bonchev–Trinajstić information content (AvgIpc) is 2.72. The molecule has 4 heteroatoms. The molecule has 0 aliphatic carbocycles. The first-order chi connectivity index (χ1) is 12.7. The maximum Gasteiger partial charge on any atom is 0.200 e. The molecule has 0 unspecified atom stereocenters. The SMILES string of the molecule is O=C(COc1ccccc1OCC(=O)c1ccccc1)c1ccccc1. The van der Waals surface area contributed by atoms with Gasteiger partial charge < -0.3 is 9.47 Å². The minimum atomic E-state index is -0.124. The Hall–Kier alpha value is -3.40. The van der Waals surface area contributed by atoms with Crippen LogP contribution in [0.2, 0.25) is 0 Å². The highest BCUT2D eigenvalue weighted by Crippen LogP contribution is 2.26. The van der Waals surface area contributed by atoms with E-state index in [0.717, 1.165) is 0 Å². The van der Waals surface area contributed by atoms with Gasteiger partial charge >= 0.3 is 0 Å². The van der Waals surface area contributed by atoms with Crippen LogP contribution in [0.5, 0.6) is 11.5 Å². The van der Waals surface area contributed by atoms with Crippen molar-refractivity contribution in [2.75, 3.05) is 13.2 Å². The summed E-state index contributed by atoms with van der Waals surface area (Å²) in [6.07, 6.45) is 0. The number of rotatable bonds is 8. The third-order valence-corrected chi connectivity index (χ3v) is 3.76. The van der Waals surface area contributed by atoms with Crippen LogP contribution in [0.4, 0.5) is 0 Å². The Kier molecular flexibility index (Phi) is 5.78. The zero-order valence-electron chi connectivity index (χ0n) is 14.1. The van der Waals surface area contributed by atoms with Crippen molar-refractivity contribution in [1.29, 1.82) is 0 Å². The summed E-state index contributed by atoms with van der Waals surface area (Å²) in [4.78, 5) is 24.3. The van der Waals surface area contributed by atoms with Gasteiger partial charge in [-0.1, -0.05) is 72.8 Å². The van der Waals surface area contributed by atoms with Crippen molar-refractivity contribution in [2.24, 2.45) is 0 Å². The minimum Gasteiger partial charge on any atom is -0.482 e.